The minimum Gasteiger partial charge on any atom is -0.495 e. The van der Waals surface area contributed by atoms with Crippen LogP contribution in [0, 0.1) is 5.92 Å². The molecule has 1 aromatic carbocycles. The maximum atomic E-state index is 13.9. The number of hydrogen-bond donors (Lipinski definition) is 2. The zero-order valence-electron chi connectivity index (χ0n) is 24.1. The zero-order valence-corrected chi connectivity index (χ0v) is 24.1. The van der Waals surface area contributed by atoms with Gasteiger partial charge in [0.1, 0.15) is 5.75 Å². The van der Waals surface area contributed by atoms with Crippen LogP contribution in [0.25, 0.3) is 0 Å². The highest BCUT2D eigenvalue weighted by Gasteiger charge is 2.38. The van der Waals surface area contributed by atoms with Crippen molar-refractivity contribution in [2.75, 3.05) is 39.6 Å². The highest BCUT2D eigenvalue weighted by atomic mass is 19.4. The van der Waals surface area contributed by atoms with Crippen LogP contribution in [0.1, 0.15) is 74.5 Å². The number of piperidine rings is 1. The van der Waals surface area contributed by atoms with Crippen LogP contribution in [0.2, 0.25) is 0 Å². The summed E-state index contributed by atoms with van der Waals surface area (Å²) in [6.45, 7) is 3.25. The fraction of sp³-hybridized carbons (Fsp3) is 0.600. The van der Waals surface area contributed by atoms with E-state index in [-0.39, 0.29) is 55.3 Å². The lowest BCUT2D eigenvalue weighted by Crippen LogP contribution is -2.46. The number of alkyl halides is 3. The average Bonchev–Trinajstić information content (AvgIpc) is 2.92. The van der Waals surface area contributed by atoms with Gasteiger partial charge in [-0.05, 0) is 69.8 Å². The molecule has 2 fully saturated rings. The Morgan fingerprint density at radius 3 is 2.57 bits per heavy atom. The first-order valence-corrected chi connectivity index (χ1v) is 14.1. The van der Waals surface area contributed by atoms with Crippen LogP contribution >= 0.6 is 0 Å². The second-order valence-electron chi connectivity index (χ2n) is 11.1. The number of anilines is 2. The van der Waals surface area contributed by atoms with E-state index < -0.39 is 11.7 Å². The van der Waals surface area contributed by atoms with E-state index in [2.05, 4.69) is 25.5 Å². The number of carbonyl (C=O) groups excluding carboxylic acids is 2. The molecule has 0 unspecified atom stereocenters. The van der Waals surface area contributed by atoms with Crippen LogP contribution in [0.15, 0.2) is 24.4 Å². The van der Waals surface area contributed by atoms with E-state index >= 15 is 0 Å². The number of rotatable bonds is 8. The average molecular weight is 593 g/mol. The molecule has 232 valence electrons. The monoisotopic (exact) mass is 592 g/mol. The van der Waals surface area contributed by atoms with E-state index in [9.17, 15) is 22.8 Å². The summed E-state index contributed by atoms with van der Waals surface area (Å²) < 4.78 is 47.3. The number of halogens is 3. The van der Waals surface area contributed by atoms with Crippen LogP contribution < -0.4 is 15.4 Å². The van der Waals surface area contributed by atoms with E-state index in [0.717, 1.165) is 51.4 Å². The van der Waals surface area contributed by atoms with Gasteiger partial charge in [0.25, 0.3) is 5.91 Å². The summed E-state index contributed by atoms with van der Waals surface area (Å²) in [5.41, 5.74) is -0.173. The number of aromatic nitrogens is 2. The molecule has 0 spiro atoms. The summed E-state index contributed by atoms with van der Waals surface area (Å²) in [5, 5.41) is 6.03. The topological polar surface area (TPSA) is 99.7 Å². The second kappa shape index (κ2) is 14.2. The molecule has 0 bridgehead atoms. The van der Waals surface area contributed by atoms with Crippen molar-refractivity contribution in [1.82, 2.24) is 25.1 Å². The van der Waals surface area contributed by atoms with Gasteiger partial charge in [-0.25, -0.2) is 9.97 Å². The smallest absolute Gasteiger partial charge is 0.419 e. The fourth-order valence-corrected chi connectivity index (χ4v) is 5.90. The van der Waals surface area contributed by atoms with Gasteiger partial charge >= 0.3 is 6.18 Å². The highest BCUT2D eigenvalue weighted by molar-refractivity contribution is 5.95. The van der Waals surface area contributed by atoms with Crippen LogP contribution in [0.5, 0.6) is 5.75 Å². The first kappa shape index (κ1) is 33.1. The number of benzene rings is 1. The Morgan fingerprint density at radius 2 is 1.90 bits per heavy atom. The molecule has 1 aliphatic carbocycles. The van der Waals surface area contributed by atoms with Crippen molar-refractivity contribution >= 4 is 23.5 Å². The second-order valence-corrected chi connectivity index (χ2v) is 11.1. The van der Waals surface area contributed by atoms with Gasteiger partial charge in [-0.3, -0.25) is 9.59 Å². The summed E-state index contributed by atoms with van der Waals surface area (Å²) >= 11 is 0. The van der Waals surface area contributed by atoms with Crippen molar-refractivity contribution in [2.24, 2.45) is 5.92 Å². The molecule has 4 rings (SSSR count). The lowest BCUT2D eigenvalue weighted by Gasteiger charge is -2.37. The Bertz CT molecular complexity index is 1240. The maximum Gasteiger partial charge on any atom is 0.419 e. The minimum atomic E-state index is -4.62. The number of methoxy groups -OCH3 is 1. The van der Waals surface area contributed by atoms with Crippen molar-refractivity contribution < 1.29 is 27.5 Å². The molecule has 2 heterocycles. The molecule has 2 N–H and O–H groups in total. The van der Waals surface area contributed by atoms with Gasteiger partial charge in [0.2, 0.25) is 11.9 Å². The molecule has 3 atom stereocenters. The third-order valence-electron chi connectivity index (χ3n) is 8.16. The quantitative estimate of drug-likeness (QED) is 0.430. The minimum absolute atomic E-state index is 0. The predicted molar refractivity (Wildman–Crippen MR) is 156 cm³/mol. The van der Waals surface area contributed by atoms with E-state index in [4.69, 9.17) is 4.74 Å². The molecule has 1 saturated carbocycles. The Kier molecular flexibility index (Phi) is 11.2. The molecule has 9 nitrogen and oxygen atoms in total. The molecule has 1 aliphatic heterocycles. The van der Waals surface area contributed by atoms with E-state index in [0.29, 0.717) is 23.4 Å². The van der Waals surface area contributed by atoms with Gasteiger partial charge in [-0.1, -0.05) is 20.3 Å². The van der Waals surface area contributed by atoms with E-state index in [1.165, 1.54) is 14.0 Å². The van der Waals surface area contributed by atoms with Crippen LogP contribution in [-0.4, -0.2) is 78.0 Å². The van der Waals surface area contributed by atoms with Crippen molar-refractivity contribution in [3.8, 4) is 5.75 Å². The largest absolute Gasteiger partial charge is 0.495 e. The number of carbonyl (C=O) groups is 2. The maximum absolute atomic E-state index is 13.9. The van der Waals surface area contributed by atoms with Crippen molar-refractivity contribution in [2.45, 2.75) is 77.6 Å². The Balaban J connectivity index is 0.00000484. The van der Waals surface area contributed by atoms with Gasteiger partial charge in [-0.2, -0.15) is 13.2 Å². The first-order valence-electron chi connectivity index (χ1n) is 14.1. The van der Waals surface area contributed by atoms with Gasteiger partial charge < -0.3 is 25.2 Å². The summed E-state index contributed by atoms with van der Waals surface area (Å²) in [7, 11) is 5.17. The lowest BCUT2D eigenvalue weighted by atomic mass is 9.80. The van der Waals surface area contributed by atoms with Crippen molar-refractivity contribution in [3.05, 3.63) is 41.2 Å². The Hall–Kier alpha value is -3.41. The summed E-state index contributed by atoms with van der Waals surface area (Å²) in [6.07, 6.45) is 1.43. The van der Waals surface area contributed by atoms with Crippen LogP contribution in [0.4, 0.5) is 24.8 Å². The van der Waals surface area contributed by atoms with E-state index in [1.807, 2.05) is 7.05 Å². The van der Waals surface area contributed by atoms with Crippen LogP contribution in [0.3, 0.4) is 0 Å². The Morgan fingerprint density at radius 1 is 1.17 bits per heavy atom. The van der Waals surface area contributed by atoms with Crippen molar-refractivity contribution in [1.29, 1.82) is 0 Å². The number of likely N-dealkylation sites (N-methyl/N-ethyl adjacent to an activating group) is 1. The fourth-order valence-electron chi connectivity index (χ4n) is 5.90. The summed E-state index contributed by atoms with van der Waals surface area (Å²) in [6, 6.07) is 4.74. The third-order valence-corrected chi connectivity index (χ3v) is 8.16. The predicted octanol–water partition coefficient (Wildman–Crippen LogP) is 5.29. The molecular formula is C30H43F3N6O3. The van der Waals surface area contributed by atoms with Gasteiger partial charge in [0.15, 0.2) is 0 Å². The number of nitrogens with zero attached hydrogens (tertiary/aromatic N) is 4. The number of ether oxygens (including phenoxy) is 1. The number of amides is 2. The SMILES string of the molecule is C.COc1cc(C(=O)N[C@@H]2CCCN(C)C2)ccc1Nc1ncc(C(F)(F)F)c(C[C@@H]2CCCC[C@H]2N(C)C(C)=O)n1. The molecule has 2 aromatic rings. The molecular weight excluding hydrogens is 549 g/mol. The van der Waals surface area contributed by atoms with Crippen molar-refractivity contribution in [3.63, 3.8) is 0 Å². The van der Waals surface area contributed by atoms with Crippen LogP contribution in [-0.2, 0) is 17.4 Å². The standard InChI is InChI=1S/C29H39F3N6O3.CH4/c1-18(39)38(3)25-10-6-5-8-19(25)14-24-22(29(30,31)32)16-33-28(36-24)35-23-12-11-20(15-26(23)41-4)27(40)34-21-9-7-13-37(2)17-21;/h11-12,15-16,19,21,25H,5-10,13-14,17H2,1-4H3,(H,34,40)(H,33,35,36);1H4/t19-,21+,25+;/m0./s1. The molecule has 42 heavy (non-hydrogen) atoms. The number of nitrogens with one attached hydrogen (secondary N) is 2. The van der Waals surface area contributed by atoms with Gasteiger partial charge in [-0.15, -0.1) is 0 Å². The summed E-state index contributed by atoms with van der Waals surface area (Å²) in [4.78, 5) is 37.0. The molecule has 2 aliphatic rings. The van der Waals surface area contributed by atoms with E-state index in [1.54, 1.807) is 30.1 Å². The lowest BCUT2D eigenvalue weighted by molar-refractivity contribution is -0.139. The number of likely N-dealkylation sites (tertiary alicyclic amines) is 1. The molecule has 1 aromatic heterocycles. The molecule has 1 saturated heterocycles. The normalized spacial score (nSPS) is 21.2. The summed E-state index contributed by atoms with van der Waals surface area (Å²) in [5.74, 6) is -0.170. The third kappa shape index (κ3) is 8.11. The van der Waals surface area contributed by atoms with Gasteiger partial charge in [0, 0.05) is 44.4 Å². The number of hydrogen-bond acceptors (Lipinski definition) is 7. The molecule has 2 amide bonds. The Labute approximate surface area is 246 Å². The van der Waals surface area contributed by atoms with Gasteiger partial charge in [0.05, 0.1) is 24.1 Å². The highest BCUT2D eigenvalue weighted by Crippen LogP contribution is 2.37. The first-order chi connectivity index (χ1) is 19.5. The molecule has 12 heteroatoms. The molecule has 0 radical (unpaired) electrons. The zero-order chi connectivity index (χ0) is 29.7.